The van der Waals surface area contributed by atoms with E-state index in [1.54, 1.807) is 0 Å². The maximum absolute atomic E-state index is 6.19. The number of nitrogens with zero attached hydrogens (tertiary/aromatic N) is 1. The molecule has 0 aromatic heterocycles. The third kappa shape index (κ3) is 2.57. The predicted molar refractivity (Wildman–Crippen MR) is 80.2 cm³/mol. The summed E-state index contributed by atoms with van der Waals surface area (Å²) in [6, 6.07) is 5.19. The molecule has 3 rings (SSSR count). The molecule has 0 spiro atoms. The van der Waals surface area contributed by atoms with Gasteiger partial charge in [0.15, 0.2) is 11.5 Å². The Morgan fingerprint density at radius 1 is 1.10 bits per heavy atom. The molecule has 0 aliphatic carbocycles. The monoisotopic (exact) mass is 276 g/mol. The molecule has 1 fully saturated rings. The molecule has 0 radical (unpaired) electrons. The van der Waals surface area contributed by atoms with Crippen molar-refractivity contribution in [3.63, 3.8) is 0 Å². The first kappa shape index (κ1) is 13.6. The van der Waals surface area contributed by atoms with Crippen LogP contribution in [0.15, 0.2) is 12.1 Å². The Balaban J connectivity index is 1.83. The molecule has 1 aromatic rings. The number of nitrogen functional groups attached to an aromatic ring is 1. The number of hydrogen-bond acceptors (Lipinski definition) is 4. The van der Waals surface area contributed by atoms with Crippen LogP contribution in [0.1, 0.15) is 38.7 Å². The number of nitrogens with two attached hydrogens (primary N) is 1. The van der Waals surface area contributed by atoms with Crippen LogP contribution in [0.25, 0.3) is 0 Å². The van der Waals surface area contributed by atoms with Gasteiger partial charge in [0, 0.05) is 30.4 Å². The van der Waals surface area contributed by atoms with Crippen molar-refractivity contribution in [3.05, 3.63) is 17.7 Å². The Morgan fingerprint density at radius 3 is 2.35 bits per heavy atom. The van der Waals surface area contributed by atoms with Gasteiger partial charge in [-0.05, 0) is 38.3 Å². The van der Waals surface area contributed by atoms with E-state index in [4.69, 9.17) is 15.2 Å². The molecule has 2 aliphatic heterocycles. The second kappa shape index (κ2) is 5.52. The van der Waals surface area contributed by atoms with Crippen LogP contribution in [0.4, 0.5) is 5.69 Å². The van der Waals surface area contributed by atoms with Gasteiger partial charge >= 0.3 is 0 Å². The third-order valence-electron chi connectivity index (χ3n) is 4.53. The molecule has 0 unspecified atom stereocenters. The number of piperidine rings is 1. The molecule has 2 heterocycles. The topological polar surface area (TPSA) is 47.7 Å². The molecule has 2 atom stereocenters. The minimum Gasteiger partial charge on any atom is -0.486 e. The number of rotatable bonds is 2. The van der Waals surface area contributed by atoms with Crippen molar-refractivity contribution >= 4 is 5.69 Å². The van der Waals surface area contributed by atoms with E-state index in [-0.39, 0.29) is 0 Å². The van der Waals surface area contributed by atoms with Crippen molar-refractivity contribution in [3.8, 4) is 11.5 Å². The van der Waals surface area contributed by atoms with E-state index in [0.717, 1.165) is 29.3 Å². The van der Waals surface area contributed by atoms with Crippen LogP contribution in [0.3, 0.4) is 0 Å². The molecule has 0 saturated carbocycles. The maximum Gasteiger partial charge on any atom is 0.163 e. The maximum atomic E-state index is 6.19. The minimum absolute atomic E-state index is 0.603. The first-order valence-corrected chi connectivity index (χ1v) is 7.59. The highest BCUT2D eigenvalue weighted by Gasteiger charge is 2.26. The van der Waals surface area contributed by atoms with Crippen molar-refractivity contribution in [2.75, 3.05) is 18.9 Å². The van der Waals surface area contributed by atoms with Crippen LogP contribution in [0.5, 0.6) is 11.5 Å². The Kier molecular flexibility index (Phi) is 3.74. The van der Waals surface area contributed by atoms with Crippen molar-refractivity contribution in [2.45, 2.75) is 51.7 Å². The number of anilines is 1. The van der Waals surface area contributed by atoms with Crippen molar-refractivity contribution in [2.24, 2.45) is 0 Å². The molecule has 0 bridgehead atoms. The van der Waals surface area contributed by atoms with Gasteiger partial charge in [0.1, 0.15) is 13.2 Å². The lowest BCUT2D eigenvalue weighted by atomic mass is 9.96. The fraction of sp³-hybridized carbons (Fsp3) is 0.625. The van der Waals surface area contributed by atoms with E-state index in [9.17, 15) is 0 Å². The Hall–Kier alpha value is -1.42. The van der Waals surface area contributed by atoms with Gasteiger partial charge in [0.2, 0.25) is 0 Å². The number of ether oxygens (including phenoxy) is 2. The number of fused-ring (bicyclic) bond motifs is 1. The summed E-state index contributed by atoms with van der Waals surface area (Å²) in [6.45, 7) is 6.73. The van der Waals surface area contributed by atoms with Crippen LogP contribution in [-0.2, 0) is 6.54 Å². The molecule has 1 saturated heterocycles. The average molecular weight is 276 g/mol. The highest BCUT2D eigenvalue weighted by Crippen LogP contribution is 2.36. The lowest BCUT2D eigenvalue weighted by Crippen LogP contribution is -2.43. The molecule has 2 N–H and O–H groups in total. The Labute approximate surface area is 120 Å². The number of likely N-dealkylation sites (tertiary alicyclic amines) is 1. The summed E-state index contributed by atoms with van der Waals surface area (Å²) in [5.74, 6) is 1.61. The van der Waals surface area contributed by atoms with Gasteiger partial charge in [0.05, 0.1) is 0 Å². The van der Waals surface area contributed by atoms with E-state index in [2.05, 4.69) is 24.8 Å². The van der Waals surface area contributed by atoms with E-state index >= 15 is 0 Å². The lowest BCUT2D eigenvalue weighted by Gasteiger charge is -2.39. The van der Waals surface area contributed by atoms with Crippen molar-refractivity contribution in [1.82, 2.24) is 4.90 Å². The van der Waals surface area contributed by atoms with Crippen LogP contribution >= 0.6 is 0 Å². The van der Waals surface area contributed by atoms with Gasteiger partial charge in [0.25, 0.3) is 0 Å². The average Bonchev–Trinajstić information content (AvgIpc) is 2.43. The normalized spacial score (nSPS) is 26.5. The van der Waals surface area contributed by atoms with Crippen LogP contribution in [0, 0.1) is 0 Å². The zero-order valence-electron chi connectivity index (χ0n) is 12.4. The van der Waals surface area contributed by atoms with Gasteiger partial charge in [-0.3, -0.25) is 4.90 Å². The predicted octanol–water partition coefficient (Wildman–Crippen LogP) is 2.80. The lowest BCUT2D eigenvalue weighted by molar-refractivity contribution is 0.0952. The van der Waals surface area contributed by atoms with Crippen LogP contribution in [0.2, 0.25) is 0 Å². The third-order valence-corrected chi connectivity index (χ3v) is 4.53. The Bertz CT molecular complexity index is 480. The van der Waals surface area contributed by atoms with E-state index in [0.29, 0.717) is 25.3 Å². The fourth-order valence-corrected chi connectivity index (χ4v) is 3.27. The van der Waals surface area contributed by atoms with E-state index in [1.165, 1.54) is 19.3 Å². The summed E-state index contributed by atoms with van der Waals surface area (Å²) in [4.78, 5) is 2.55. The smallest absolute Gasteiger partial charge is 0.163 e. The highest BCUT2D eigenvalue weighted by molar-refractivity contribution is 5.58. The molecule has 2 aliphatic rings. The van der Waals surface area contributed by atoms with E-state index in [1.807, 2.05) is 6.07 Å². The summed E-state index contributed by atoms with van der Waals surface area (Å²) in [5.41, 5.74) is 8.14. The molecular formula is C16H24N2O2. The molecule has 4 heteroatoms. The molecular weight excluding hydrogens is 252 g/mol. The van der Waals surface area contributed by atoms with Gasteiger partial charge in [-0.25, -0.2) is 0 Å². The first-order chi connectivity index (χ1) is 9.65. The molecule has 1 aromatic carbocycles. The number of hydrogen-bond donors (Lipinski definition) is 1. The summed E-state index contributed by atoms with van der Waals surface area (Å²) in [6.07, 6.45) is 3.87. The first-order valence-electron chi connectivity index (χ1n) is 7.59. The second-order valence-electron chi connectivity index (χ2n) is 6.00. The van der Waals surface area contributed by atoms with Crippen LogP contribution < -0.4 is 15.2 Å². The van der Waals surface area contributed by atoms with Gasteiger partial charge in [-0.1, -0.05) is 6.42 Å². The second-order valence-corrected chi connectivity index (χ2v) is 6.00. The quantitative estimate of drug-likeness (QED) is 0.844. The standard InChI is InChI=1S/C16H24N2O2/c1-11-4-3-5-12(2)18(11)10-13-8-15-16(9-14(13)17)20-7-6-19-15/h8-9,11-12H,3-7,10,17H2,1-2H3/t11-,12+. The van der Waals surface area contributed by atoms with E-state index < -0.39 is 0 Å². The zero-order valence-corrected chi connectivity index (χ0v) is 12.4. The summed E-state index contributed by atoms with van der Waals surface area (Å²) in [7, 11) is 0. The van der Waals surface area contributed by atoms with Gasteiger partial charge < -0.3 is 15.2 Å². The Morgan fingerprint density at radius 2 is 1.70 bits per heavy atom. The minimum atomic E-state index is 0.603. The fourth-order valence-electron chi connectivity index (χ4n) is 3.27. The summed E-state index contributed by atoms with van der Waals surface area (Å²) < 4.78 is 11.2. The van der Waals surface area contributed by atoms with Gasteiger partial charge in [-0.2, -0.15) is 0 Å². The number of benzene rings is 1. The largest absolute Gasteiger partial charge is 0.486 e. The molecule has 110 valence electrons. The van der Waals surface area contributed by atoms with Crippen LogP contribution in [-0.4, -0.2) is 30.2 Å². The summed E-state index contributed by atoms with van der Waals surface area (Å²) >= 11 is 0. The highest BCUT2D eigenvalue weighted by atomic mass is 16.6. The molecule has 20 heavy (non-hydrogen) atoms. The molecule has 4 nitrogen and oxygen atoms in total. The van der Waals surface area contributed by atoms with Crippen molar-refractivity contribution < 1.29 is 9.47 Å². The van der Waals surface area contributed by atoms with Crippen molar-refractivity contribution in [1.29, 1.82) is 0 Å². The zero-order chi connectivity index (χ0) is 14.1. The summed E-state index contributed by atoms with van der Waals surface area (Å²) in [5, 5.41) is 0. The van der Waals surface area contributed by atoms with Gasteiger partial charge in [-0.15, -0.1) is 0 Å². The SMILES string of the molecule is C[C@@H]1CCC[C@H](C)N1Cc1cc2c(cc1N)OCCO2. The molecule has 0 amide bonds.